The van der Waals surface area contributed by atoms with E-state index in [4.69, 9.17) is 33.7 Å². The molecule has 1 atom stereocenters. The summed E-state index contributed by atoms with van der Waals surface area (Å²) in [6.07, 6.45) is 0. The highest BCUT2D eigenvalue weighted by Crippen LogP contribution is 2.38. The van der Waals surface area contributed by atoms with E-state index in [1.807, 2.05) is 32.0 Å². The van der Waals surface area contributed by atoms with E-state index < -0.39 is 0 Å². The third kappa shape index (κ3) is 2.90. The number of hydrogen-bond acceptors (Lipinski definition) is 3. The van der Waals surface area contributed by atoms with Gasteiger partial charge in [-0.25, -0.2) is 0 Å². The van der Waals surface area contributed by atoms with Crippen molar-refractivity contribution < 1.29 is 4.74 Å². The zero-order chi connectivity index (χ0) is 14.2. The number of halogens is 2. The molecule has 0 saturated heterocycles. The minimum Gasteiger partial charge on any atom is -0.496 e. The summed E-state index contributed by atoms with van der Waals surface area (Å²) < 4.78 is 6.60. The van der Waals surface area contributed by atoms with E-state index in [1.165, 1.54) is 11.3 Å². The van der Waals surface area contributed by atoms with Gasteiger partial charge >= 0.3 is 0 Å². The second-order valence-electron chi connectivity index (χ2n) is 4.44. The molecular formula is C14H15Cl2NOS. The Balaban J connectivity index is 2.47. The lowest BCUT2D eigenvalue weighted by Gasteiger charge is -2.17. The van der Waals surface area contributed by atoms with Gasteiger partial charge in [0, 0.05) is 5.56 Å². The van der Waals surface area contributed by atoms with Gasteiger partial charge in [0.1, 0.15) is 5.75 Å². The molecule has 0 fully saturated rings. The monoisotopic (exact) mass is 315 g/mol. The van der Waals surface area contributed by atoms with Crippen LogP contribution in [0.5, 0.6) is 5.75 Å². The number of rotatable bonds is 3. The maximum atomic E-state index is 6.31. The Morgan fingerprint density at radius 3 is 2.32 bits per heavy atom. The van der Waals surface area contributed by atoms with E-state index in [1.54, 1.807) is 7.11 Å². The largest absolute Gasteiger partial charge is 0.496 e. The Kier molecular flexibility index (Phi) is 4.41. The minimum atomic E-state index is -0.277. The van der Waals surface area contributed by atoms with E-state index in [0.29, 0.717) is 8.67 Å². The van der Waals surface area contributed by atoms with Crippen molar-refractivity contribution in [2.45, 2.75) is 19.9 Å². The van der Waals surface area contributed by atoms with Gasteiger partial charge < -0.3 is 10.5 Å². The number of benzene rings is 1. The molecule has 0 aliphatic carbocycles. The van der Waals surface area contributed by atoms with Gasteiger partial charge in [-0.2, -0.15) is 0 Å². The summed E-state index contributed by atoms with van der Waals surface area (Å²) in [6.45, 7) is 4.01. The molecule has 0 aliphatic rings. The van der Waals surface area contributed by atoms with Crippen LogP contribution in [0.1, 0.15) is 28.3 Å². The van der Waals surface area contributed by atoms with Gasteiger partial charge in [0.25, 0.3) is 0 Å². The molecule has 1 unspecified atom stereocenters. The van der Waals surface area contributed by atoms with Crippen molar-refractivity contribution in [1.82, 2.24) is 0 Å². The first-order valence-corrected chi connectivity index (χ1v) is 7.36. The Hall–Kier alpha value is -0.740. The molecule has 2 rings (SSSR count). The van der Waals surface area contributed by atoms with Crippen molar-refractivity contribution in [3.63, 3.8) is 0 Å². The molecule has 1 heterocycles. The molecule has 1 aromatic heterocycles. The third-order valence-corrected chi connectivity index (χ3v) is 4.65. The molecule has 2 aromatic rings. The van der Waals surface area contributed by atoms with Crippen LogP contribution in [0.4, 0.5) is 0 Å². The van der Waals surface area contributed by atoms with E-state index >= 15 is 0 Å². The second kappa shape index (κ2) is 5.71. The van der Waals surface area contributed by atoms with Crippen molar-refractivity contribution in [2.24, 2.45) is 5.73 Å². The summed E-state index contributed by atoms with van der Waals surface area (Å²) in [7, 11) is 1.66. The molecule has 19 heavy (non-hydrogen) atoms. The van der Waals surface area contributed by atoms with Crippen molar-refractivity contribution in [2.75, 3.05) is 7.11 Å². The Morgan fingerprint density at radius 1 is 1.11 bits per heavy atom. The molecule has 2 nitrogen and oxygen atoms in total. The minimum absolute atomic E-state index is 0.277. The van der Waals surface area contributed by atoms with Crippen LogP contribution in [-0.4, -0.2) is 7.11 Å². The van der Waals surface area contributed by atoms with Crippen LogP contribution >= 0.6 is 34.5 Å². The summed E-state index contributed by atoms with van der Waals surface area (Å²) in [5.74, 6) is 0.864. The number of nitrogens with two attached hydrogens (primary N) is 1. The quantitative estimate of drug-likeness (QED) is 0.888. The summed E-state index contributed by atoms with van der Waals surface area (Å²) in [5.41, 5.74) is 10.3. The lowest BCUT2D eigenvalue weighted by atomic mass is 9.95. The van der Waals surface area contributed by atoms with Gasteiger partial charge in [-0.1, -0.05) is 29.3 Å². The molecule has 0 radical (unpaired) electrons. The average Bonchev–Trinajstić information content (AvgIpc) is 2.70. The van der Waals surface area contributed by atoms with Gasteiger partial charge in [0.05, 0.1) is 21.8 Å². The summed E-state index contributed by atoms with van der Waals surface area (Å²) in [6, 6.07) is 5.59. The molecule has 1 aromatic carbocycles. The highest BCUT2D eigenvalue weighted by Gasteiger charge is 2.18. The van der Waals surface area contributed by atoms with Crippen LogP contribution in [0.3, 0.4) is 0 Å². The van der Waals surface area contributed by atoms with Crippen LogP contribution in [0.15, 0.2) is 18.2 Å². The molecule has 102 valence electrons. The summed E-state index contributed by atoms with van der Waals surface area (Å²) in [4.78, 5) is 0. The molecule has 0 bridgehead atoms. The normalized spacial score (nSPS) is 12.5. The van der Waals surface area contributed by atoms with Gasteiger partial charge in [-0.15, -0.1) is 11.3 Å². The van der Waals surface area contributed by atoms with Crippen molar-refractivity contribution in [3.8, 4) is 5.75 Å². The number of hydrogen-bond donors (Lipinski definition) is 1. The van der Waals surface area contributed by atoms with E-state index in [9.17, 15) is 0 Å². The third-order valence-electron chi connectivity index (χ3n) is 3.14. The smallest absolute Gasteiger partial charge is 0.122 e. The van der Waals surface area contributed by atoms with Crippen LogP contribution in [0.25, 0.3) is 0 Å². The van der Waals surface area contributed by atoms with Gasteiger partial charge in [0.15, 0.2) is 0 Å². The highest BCUT2D eigenvalue weighted by atomic mass is 35.5. The van der Waals surface area contributed by atoms with Gasteiger partial charge in [-0.05, 0) is 42.7 Å². The first-order chi connectivity index (χ1) is 8.93. The predicted octanol–water partition coefficient (Wildman–Crippen LogP) is 4.73. The molecule has 0 spiro atoms. The van der Waals surface area contributed by atoms with E-state index in [-0.39, 0.29) is 6.04 Å². The molecule has 0 amide bonds. The van der Waals surface area contributed by atoms with Crippen molar-refractivity contribution >= 4 is 34.5 Å². The Morgan fingerprint density at radius 2 is 1.79 bits per heavy atom. The number of ether oxygens (including phenoxy) is 1. The number of methoxy groups -OCH3 is 1. The SMILES string of the molecule is COc1cc(C)c(C(N)c2cc(Cl)sc2Cl)cc1C. The van der Waals surface area contributed by atoms with Crippen molar-refractivity contribution in [1.29, 1.82) is 0 Å². The van der Waals surface area contributed by atoms with Crippen molar-refractivity contribution in [3.05, 3.63) is 49.1 Å². The number of aryl methyl sites for hydroxylation is 2. The first kappa shape index (κ1) is 14.7. The Labute approximate surface area is 127 Å². The van der Waals surface area contributed by atoms with E-state index in [2.05, 4.69) is 0 Å². The fourth-order valence-corrected chi connectivity index (χ4v) is 3.65. The van der Waals surface area contributed by atoms with Crippen LogP contribution < -0.4 is 10.5 Å². The molecule has 0 saturated carbocycles. The molecule has 2 N–H and O–H groups in total. The van der Waals surface area contributed by atoms with Gasteiger partial charge in [-0.3, -0.25) is 0 Å². The van der Waals surface area contributed by atoms with Crippen LogP contribution in [-0.2, 0) is 0 Å². The molecule has 0 aliphatic heterocycles. The van der Waals surface area contributed by atoms with Crippen LogP contribution in [0, 0.1) is 13.8 Å². The zero-order valence-corrected chi connectivity index (χ0v) is 13.3. The highest BCUT2D eigenvalue weighted by molar-refractivity contribution is 7.20. The topological polar surface area (TPSA) is 35.2 Å². The first-order valence-electron chi connectivity index (χ1n) is 5.79. The lowest BCUT2D eigenvalue weighted by Crippen LogP contribution is -2.13. The van der Waals surface area contributed by atoms with Gasteiger partial charge in [0.2, 0.25) is 0 Å². The predicted molar refractivity (Wildman–Crippen MR) is 82.8 cm³/mol. The fourth-order valence-electron chi connectivity index (χ4n) is 2.10. The summed E-state index contributed by atoms with van der Waals surface area (Å²) >= 11 is 13.5. The number of thiophene rings is 1. The van der Waals surface area contributed by atoms with Crippen LogP contribution in [0.2, 0.25) is 8.67 Å². The molecule has 5 heteroatoms. The zero-order valence-electron chi connectivity index (χ0n) is 11.0. The lowest BCUT2D eigenvalue weighted by molar-refractivity contribution is 0.411. The fraction of sp³-hybridized carbons (Fsp3) is 0.286. The maximum Gasteiger partial charge on any atom is 0.122 e. The second-order valence-corrected chi connectivity index (χ2v) is 6.72. The van der Waals surface area contributed by atoms with E-state index in [0.717, 1.165) is 28.0 Å². The summed E-state index contributed by atoms with van der Waals surface area (Å²) in [5, 5.41) is 0. The maximum absolute atomic E-state index is 6.31. The Bertz CT molecular complexity index is 610. The standard InChI is InChI=1S/C14H15Cl2NOS/c1-7-5-11(18-3)8(2)4-9(7)13(17)10-6-12(15)19-14(10)16/h4-6,13H,17H2,1-3H3. The average molecular weight is 316 g/mol. The molecular weight excluding hydrogens is 301 g/mol.